The molecule has 0 aliphatic heterocycles. The van der Waals surface area contributed by atoms with Gasteiger partial charge in [-0.2, -0.15) is 0 Å². The van der Waals surface area contributed by atoms with E-state index in [0.717, 1.165) is 5.57 Å². The van der Waals surface area contributed by atoms with Gasteiger partial charge in [0.05, 0.1) is 25.2 Å². The fraction of sp³-hybridized carbons (Fsp3) is 0.742. The van der Waals surface area contributed by atoms with Crippen molar-refractivity contribution in [3.63, 3.8) is 0 Å². The number of Topliss-reactive ketones (excluding diaryl/α,β-unsaturated/α-hetero) is 3. The first-order valence-corrected chi connectivity index (χ1v) is 14.0. The molecule has 4 aliphatic carbocycles. The maximum atomic E-state index is 14.1. The molecule has 0 saturated heterocycles. The summed E-state index contributed by atoms with van der Waals surface area (Å²) in [6.45, 7) is 13.5. The summed E-state index contributed by atoms with van der Waals surface area (Å²) in [5.74, 6) is -1.67. The second-order valence-corrected chi connectivity index (χ2v) is 13.7. The van der Waals surface area contributed by atoms with Gasteiger partial charge in [0.25, 0.3) is 0 Å². The molecule has 0 aromatic carbocycles. The van der Waals surface area contributed by atoms with Gasteiger partial charge in [-0.25, -0.2) is 0 Å². The molecule has 0 aromatic heterocycles. The summed E-state index contributed by atoms with van der Waals surface area (Å²) in [5, 5.41) is 22.3. The smallest absolute Gasteiger partial charge is 0.308 e. The fourth-order valence-electron chi connectivity index (χ4n) is 8.68. The van der Waals surface area contributed by atoms with E-state index in [4.69, 9.17) is 4.74 Å². The third-order valence-corrected chi connectivity index (χ3v) is 11.2. The molecule has 0 aromatic rings. The lowest BCUT2D eigenvalue weighted by Crippen LogP contribution is -2.60. The van der Waals surface area contributed by atoms with Gasteiger partial charge in [-0.3, -0.25) is 19.2 Å². The van der Waals surface area contributed by atoms with Crippen LogP contribution in [-0.4, -0.2) is 52.8 Å². The first-order chi connectivity index (χ1) is 17.5. The number of ketones is 3. The van der Waals surface area contributed by atoms with Gasteiger partial charge >= 0.3 is 5.97 Å². The maximum absolute atomic E-state index is 14.1. The van der Waals surface area contributed by atoms with E-state index < -0.39 is 45.8 Å². The van der Waals surface area contributed by atoms with E-state index in [1.54, 1.807) is 13.0 Å². The van der Waals surface area contributed by atoms with Gasteiger partial charge in [0.15, 0.2) is 11.6 Å². The zero-order valence-corrected chi connectivity index (χ0v) is 24.1. The van der Waals surface area contributed by atoms with Crippen LogP contribution in [-0.2, 0) is 23.9 Å². The topological polar surface area (TPSA) is 118 Å². The number of aliphatic hydroxyl groups is 2. The van der Waals surface area contributed by atoms with Crippen LogP contribution < -0.4 is 0 Å². The van der Waals surface area contributed by atoms with Gasteiger partial charge in [-0.15, -0.1) is 0 Å². The Balaban J connectivity index is 1.72. The van der Waals surface area contributed by atoms with Crippen molar-refractivity contribution in [2.45, 2.75) is 99.2 Å². The molecule has 0 amide bonds. The molecule has 0 heterocycles. The third-order valence-electron chi connectivity index (χ3n) is 11.2. The minimum absolute atomic E-state index is 0.0643. The van der Waals surface area contributed by atoms with Crippen molar-refractivity contribution in [1.82, 2.24) is 0 Å². The van der Waals surface area contributed by atoms with Gasteiger partial charge < -0.3 is 14.9 Å². The quantitative estimate of drug-likeness (QED) is 0.393. The van der Waals surface area contributed by atoms with E-state index in [1.165, 1.54) is 7.11 Å². The summed E-state index contributed by atoms with van der Waals surface area (Å²) in [6.07, 6.45) is 2.05. The molecule has 2 N–H and O–H groups in total. The summed E-state index contributed by atoms with van der Waals surface area (Å²) in [5.41, 5.74) is -1.04. The van der Waals surface area contributed by atoms with Gasteiger partial charge in [0, 0.05) is 53.1 Å². The Morgan fingerprint density at radius 2 is 1.66 bits per heavy atom. The van der Waals surface area contributed by atoms with E-state index in [9.17, 15) is 29.4 Å². The number of hydrogen-bond donors (Lipinski definition) is 2. The largest absolute Gasteiger partial charge is 0.469 e. The van der Waals surface area contributed by atoms with E-state index in [2.05, 4.69) is 6.92 Å². The normalized spacial score (nSPS) is 39.5. The van der Waals surface area contributed by atoms with Crippen LogP contribution in [0.15, 0.2) is 22.8 Å². The number of carbonyl (C=O) groups is 4. The zero-order chi connectivity index (χ0) is 28.6. The SMILES string of the molecule is COC(=O)C(C)CC(=O)CC(C)C1=CC(O)C2(C)C3=C(C(=O)CC12C)C1(C)CCC(O)C(C)(C)C1CC3=O. The molecule has 8 atom stereocenters. The summed E-state index contributed by atoms with van der Waals surface area (Å²) in [4.78, 5) is 52.7. The van der Waals surface area contributed by atoms with Gasteiger partial charge in [0.2, 0.25) is 0 Å². The molecule has 38 heavy (non-hydrogen) atoms. The predicted octanol–water partition coefficient (Wildman–Crippen LogP) is 4.14. The molecule has 8 unspecified atom stereocenters. The van der Waals surface area contributed by atoms with Crippen molar-refractivity contribution in [1.29, 1.82) is 0 Å². The number of fused-ring (bicyclic) bond motifs is 4. The molecule has 0 spiro atoms. The van der Waals surface area contributed by atoms with Crippen LogP contribution in [0.2, 0.25) is 0 Å². The number of esters is 1. The highest BCUT2D eigenvalue weighted by molar-refractivity contribution is 6.12. The van der Waals surface area contributed by atoms with Crippen molar-refractivity contribution in [2.24, 2.45) is 39.4 Å². The molecular weight excluding hydrogens is 484 g/mol. The maximum Gasteiger partial charge on any atom is 0.308 e. The minimum Gasteiger partial charge on any atom is -0.469 e. The van der Waals surface area contributed by atoms with Crippen LogP contribution in [0.1, 0.15) is 87.0 Å². The van der Waals surface area contributed by atoms with E-state index >= 15 is 0 Å². The fourth-order valence-corrected chi connectivity index (χ4v) is 8.68. The molecule has 7 heteroatoms. The monoisotopic (exact) mass is 528 g/mol. The number of methoxy groups -OCH3 is 1. The third kappa shape index (κ3) is 3.82. The molecule has 4 rings (SSSR count). The van der Waals surface area contributed by atoms with Crippen molar-refractivity contribution >= 4 is 23.3 Å². The average Bonchev–Trinajstić information content (AvgIpc) is 3.03. The highest BCUT2D eigenvalue weighted by Crippen LogP contribution is 2.69. The molecule has 0 bridgehead atoms. The second kappa shape index (κ2) is 9.22. The van der Waals surface area contributed by atoms with Crippen LogP contribution in [0.5, 0.6) is 0 Å². The summed E-state index contributed by atoms with van der Waals surface area (Å²) in [6, 6.07) is 0. The van der Waals surface area contributed by atoms with Gasteiger partial charge in [-0.05, 0) is 30.1 Å². The second-order valence-electron chi connectivity index (χ2n) is 13.7. The summed E-state index contributed by atoms with van der Waals surface area (Å²) in [7, 11) is 1.30. The number of ether oxygens (including phenoxy) is 1. The van der Waals surface area contributed by atoms with E-state index in [0.29, 0.717) is 24.0 Å². The Labute approximate surface area is 226 Å². The minimum atomic E-state index is -0.993. The first kappa shape index (κ1) is 28.9. The summed E-state index contributed by atoms with van der Waals surface area (Å²) >= 11 is 0. The predicted molar refractivity (Wildman–Crippen MR) is 142 cm³/mol. The average molecular weight is 529 g/mol. The van der Waals surface area contributed by atoms with Crippen molar-refractivity contribution in [2.75, 3.05) is 7.11 Å². The number of rotatable bonds is 6. The molecule has 4 aliphatic rings. The molecule has 1 fully saturated rings. The number of aliphatic hydroxyl groups excluding tert-OH is 2. The van der Waals surface area contributed by atoms with E-state index in [1.807, 2.05) is 34.6 Å². The Hall–Kier alpha value is -2.12. The van der Waals surface area contributed by atoms with Crippen molar-refractivity contribution in [3.05, 3.63) is 22.8 Å². The lowest BCUT2D eigenvalue weighted by atomic mass is 9.42. The molecule has 1 saturated carbocycles. The van der Waals surface area contributed by atoms with Crippen LogP contribution in [0.3, 0.4) is 0 Å². The van der Waals surface area contributed by atoms with Crippen LogP contribution >= 0.6 is 0 Å². The van der Waals surface area contributed by atoms with Gasteiger partial charge in [0.1, 0.15) is 5.78 Å². The van der Waals surface area contributed by atoms with E-state index in [-0.39, 0.29) is 54.9 Å². The lowest BCUT2D eigenvalue weighted by Gasteiger charge is -2.60. The summed E-state index contributed by atoms with van der Waals surface area (Å²) < 4.78 is 4.74. The standard InChI is InChI=1S/C31H44O7/c1-16(11-18(32)12-17(2)27(37)38-8)19-13-24(36)31(7)26-20(33)14-22-28(3,4)23(35)9-10-29(22,5)25(26)21(34)15-30(19,31)6/h13,16-17,22-24,35-36H,9-12,14-15H2,1-8H3. The molecule has 0 radical (unpaired) electrons. The first-order valence-electron chi connectivity index (χ1n) is 14.0. The van der Waals surface area contributed by atoms with Crippen LogP contribution in [0.25, 0.3) is 0 Å². The van der Waals surface area contributed by atoms with Gasteiger partial charge in [-0.1, -0.05) is 60.1 Å². The van der Waals surface area contributed by atoms with Crippen molar-refractivity contribution < 1.29 is 34.1 Å². The highest BCUT2D eigenvalue weighted by Gasteiger charge is 2.68. The Bertz CT molecular complexity index is 1140. The lowest BCUT2D eigenvalue weighted by molar-refractivity contribution is -0.146. The molecule has 7 nitrogen and oxygen atoms in total. The molecule has 210 valence electrons. The highest BCUT2D eigenvalue weighted by atomic mass is 16.5. The van der Waals surface area contributed by atoms with Crippen LogP contribution in [0, 0.1) is 39.4 Å². The zero-order valence-electron chi connectivity index (χ0n) is 24.1. The Morgan fingerprint density at radius 3 is 2.26 bits per heavy atom. The number of allylic oxidation sites excluding steroid dienone is 2. The Morgan fingerprint density at radius 1 is 1.03 bits per heavy atom. The Kier molecular flexibility index (Phi) is 7.01. The van der Waals surface area contributed by atoms with Crippen LogP contribution in [0.4, 0.5) is 0 Å². The number of hydrogen-bond acceptors (Lipinski definition) is 7. The van der Waals surface area contributed by atoms with Crippen molar-refractivity contribution in [3.8, 4) is 0 Å². The molecular formula is C31H44O7. The number of carbonyl (C=O) groups excluding carboxylic acids is 4.